The Balaban J connectivity index is 1.59. The molecular weight excluding hydrogens is 378 g/mol. The molecule has 0 aromatic heterocycles. The fourth-order valence-electron chi connectivity index (χ4n) is 4.60. The summed E-state index contributed by atoms with van der Waals surface area (Å²) in [6.07, 6.45) is 2.52. The van der Waals surface area contributed by atoms with Gasteiger partial charge in [0, 0.05) is 44.3 Å². The van der Waals surface area contributed by atoms with Crippen molar-refractivity contribution in [1.82, 2.24) is 20.4 Å². The summed E-state index contributed by atoms with van der Waals surface area (Å²) in [7, 11) is 3.59. The van der Waals surface area contributed by atoms with E-state index in [1.165, 1.54) is 18.4 Å². The Morgan fingerprint density at radius 3 is 2.63 bits per heavy atom. The molecule has 2 fully saturated rings. The number of hydrogen-bond acceptors (Lipinski definition) is 5. The van der Waals surface area contributed by atoms with Gasteiger partial charge in [0.25, 0.3) is 0 Å². The lowest BCUT2D eigenvalue weighted by Crippen LogP contribution is -2.53. The van der Waals surface area contributed by atoms with Crippen molar-refractivity contribution in [1.29, 1.82) is 0 Å². The minimum Gasteiger partial charge on any atom is -0.496 e. The molecule has 168 valence electrons. The number of nitrogens with one attached hydrogen (secondary N) is 2. The molecule has 0 aliphatic carbocycles. The van der Waals surface area contributed by atoms with E-state index in [1.54, 1.807) is 7.11 Å². The van der Waals surface area contributed by atoms with E-state index < -0.39 is 0 Å². The van der Waals surface area contributed by atoms with Crippen molar-refractivity contribution in [2.75, 3.05) is 60.1 Å². The first-order chi connectivity index (χ1) is 14.6. The molecule has 1 aromatic rings. The second-order valence-electron chi connectivity index (χ2n) is 8.35. The third kappa shape index (κ3) is 5.86. The third-order valence-electron chi connectivity index (χ3n) is 6.32. The minimum atomic E-state index is 0.263. The summed E-state index contributed by atoms with van der Waals surface area (Å²) in [6, 6.07) is 9.50. The maximum atomic E-state index is 5.66. The quantitative estimate of drug-likeness (QED) is 0.499. The van der Waals surface area contributed by atoms with Crippen molar-refractivity contribution in [3.05, 3.63) is 29.8 Å². The topological polar surface area (TPSA) is 61.4 Å². The minimum absolute atomic E-state index is 0.263. The van der Waals surface area contributed by atoms with Crippen LogP contribution in [0.4, 0.5) is 0 Å². The molecule has 30 heavy (non-hydrogen) atoms. The highest BCUT2D eigenvalue weighted by Crippen LogP contribution is 2.31. The van der Waals surface area contributed by atoms with Crippen molar-refractivity contribution < 1.29 is 9.47 Å². The third-order valence-corrected chi connectivity index (χ3v) is 6.32. The van der Waals surface area contributed by atoms with Gasteiger partial charge in [-0.15, -0.1) is 0 Å². The van der Waals surface area contributed by atoms with Crippen molar-refractivity contribution in [3.63, 3.8) is 0 Å². The molecule has 0 spiro atoms. The molecule has 7 heteroatoms. The number of likely N-dealkylation sites (tertiary alicyclic amines) is 1. The maximum Gasteiger partial charge on any atom is 0.191 e. The Kier molecular flexibility index (Phi) is 8.78. The molecule has 3 rings (SSSR count). The van der Waals surface area contributed by atoms with Gasteiger partial charge in [-0.05, 0) is 45.8 Å². The van der Waals surface area contributed by atoms with Gasteiger partial charge in [0.2, 0.25) is 0 Å². The number of methoxy groups -OCH3 is 1. The van der Waals surface area contributed by atoms with E-state index in [4.69, 9.17) is 9.47 Å². The van der Waals surface area contributed by atoms with Gasteiger partial charge in [-0.1, -0.05) is 18.2 Å². The SMILES string of the molecule is CN=C(NCC(c1ccccc1OC)N1CCCC1)NCC(C)N1CCOCC1C. The van der Waals surface area contributed by atoms with Crippen LogP contribution >= 0.6 is 0 Å². The largest absolute Gasteiger partial charge is 0.496 e. The fraction of sp³-hybridized carbons (Fsp3) is 0.696. The van der Waals surface area contributed by atoms with Crippen LogP contribution in [-0.2, 0) is 4.74 Å². The molecular formula is C23H39N5O2. The molecule has 7 nitrogen and oxygen atoms in total. The molecule has 0 saturated carbocycles. The Bertz CT molecular complexity index is 677. The van der Waals surface area contributed by atoms with Crippen LogP contribution in [0.15, 0.2) is 29.3 Å². The Morgan fingerprint density at radius 2 is 1.93 bits per heavy atom. The maximum absolute atomic E-state index is 5.66. The zero-order valence-electron chi connectivity index (χ0n) is 19.1. The van der Waals surface area contributed by atoms with Gasteiger partial charge < -0.3 is 20.1 Å². The standard InChI is InChI=1S/C23H39N5O2/c1-18(28-13-14-30-17-19(28)2)15-25-23(24-3)26-16-21(27-11-7-8-12-27)20-9-5-6-10-22(20)29-4/h5-6,9-10,18-19,21H,7-8,11-17H2,1-4H3,(H2,24,25,26). The van der Waals surface area contributed by atoms with E-state index in [0.29, 0.717) is 12.1 Å². The molecule has 0 radical (unpaired) electrons. The highest BCUT2D eigenvalue weighted by molar-refractivity contribution is 5.79. The lowest BCUT2D eigenvalue weighted by molar-refractivity contribution is -0.0174. The van der Waals surface area contributed by atoms with Gasteiger partial charge in [0.1, 0.15) is 5.75 Å². The monoisotopic (exact) mass is 417 g/mol. The van der Waals surface area contributed by atoms with Gasteiger partial charge in [0.15, 0.2) is 5.96 Å². The average molecular weight is 418 g/mol. The van der Waals surface area contributed by atoms with Crippen LogP contribution in [0, 0.1) is 0 Å². The van der Waals surface area contributed by atoms with Gasteiger partial charge >= 0.3 is 0 Å². The number of hydrogen-bond donors (Lipinski definition) is 2. The number of ether oxygens (including phenoxy) is 2. The molecule has 3 atom stereocenters. The van der Waals surface area contributed by atoms with Crippen LogP contribution in [0.25, 0.3) is 0 Å². The average Bonchev–Trinajstić information content (AvgIpc) is 3.31. The summed E-state index contributed by atoms with van der Waals surface area (Å²) < 4.78 is 11.2. The van der Waals surface area contributed by atoms with Crippen LogP contribution in [0.5, 0.6) is 5.75 Å². The first-order valence-corrected chi connectivity index (χ1v) is 11.3. The first-order valence-electron chi connectivity index (χ1n) is 11.3. The lowest BCUT2D eigenvalue weighted by atomic mass is 10.0. The van der Waals surface area contributed by atoms with Crippen LogP contribution in [-0.4, -0.2) is 87.9 Å². The summed E-state index contributed by atoms with van der Waals surface area (Å²) in [5.41, 5.74) is 1.24. The lowest BCUT2D eigenvalue weighted by Gasteiger charge is -2.38. The summed E-state index contributed by atoms with van der Waals surface area (Å²) >= 11 is 0. The highest BCUT2D eigenvalue weighted by Gasteiger charge is 2.27. The molecule has 1 aromatic carbocycles. The van der Waals surface area contributed by atoms with E-state index in [9.17, 15) is 0 Å². The first kappa shape index (κ1) is 22.8. The van der Waals surface area contributed by atoms with Crippen molar-refractivity contribution in [2.45, 2.75) is 44.8 Å². The Hall–Kier alpha value is -1.83. The van der Waals surface area contributed by atoms with E-state index in [2.05, 4.69) is 57.5 Å². The van der Waals surface area contributed by atoms with E-state index in [1.807, 2.05) is 13.1 Å². The van der Waals surface area contributed by atoms with Crippen LogP contribution in [0.1, 0.15) is 38.3 Å². The number of aliphatic imine (C=N–C) groups is 1. The molecule has 0 amide bonds. The predicted octanol–water partition coefficient (Wildman–Crippen LogP) is 2.11. The van der Waals surface area contributed by atoms with E-state index in [0.717, 1.165) is 57.6 Å². The zero-order chi connectivity index (χ0) is 21.3. The number of rotatable bonds is 8. The summed E-state index contributed by atoms with van der Waals surface area (Å²) in [5, 5.41) is 7.08. The number of guanidine groups is 1. The second kappa shape index (κ2) is 11.5. The molecule has 0 bridgehead atoms. The van der Waals surface area contributed by atoms with Crippen LogP contribution < -0.4 is 15.4 Å². The Labute approximate surface area is 181 Å². The zero-order valence-corrected chi connectivity index (χ0v) is 19.1. The van der Waals surface area contributed by atoms with Crippen molar-refractivity contribution in [2.24, 2.45) is 4.99 Å². The second-order valence-corrected chi connectivity index (χ2v) is 8.35. The number of nitrogens with zero attached hydrogens (tertiary/aromatic N) is 3. The molecule has 2 N–H and O–H groups in total. The highest BCUT2D eigenvalue weighted by atomic mass is 16.5. The van der Waals surface area contributed by atoms with E-state index >= 15 is 0 Å². The van der Waals surface area contributed by atoms with Crippen LogP contribution in [0.2, 0.25) is 0 Å². The normalized spacial score (nSPS) is 23.2. The van der Waals surface area contributed by atoms with E-state index in [-0.39, 0.29) is 6.04 Å². The number of benzene rings is 1. The molecule has 3 unspecified atom stereocenters. The van der Waals surface area contributed by atoms with Crippen LogP contribution in [0.3, 0.4) is 0 Å². The summed E-state index contributed by atoms with van der Waals surface area (Å²) in [4.78, 5) is 9.52. The smallest absolute Gasteiger partial charge is 0.191 e. The summed E-state index contributed by atoms with van der Waals surface area (Å²) in [6.45, 7) is 11.0. The predicted molar refractivity (Wildman–Crippen MR) is 122 cm³/mol. The Morgan fingerprint density at radius 1 is 1.20 bits per heavy atom. The number of morpholine rings is 1. The number of para-hydroxylation sites is 1. The van der Waals surface area contributed by atoms with Gasteiger partial charge in [-0.2, -0.15) is 0 Å². The summed E-state index contributed by atoms with van der Waals surface area (Å²) in [5.74, 6) is 1.80. The molecule has 2 heterocycles. The van der Waals surface area contributed by atoms with Gasteiger partial charge in [0.05, 0.1) is 26.4 Å². The fourth-order valence-corrected chi connectivity index (χ4v) is 4.60. The molecule has 2 aliphatic heterocycles. The molecule has 2 aliphatic rings. The van der Waals surface area contributed by atoms with Gasteiger partial charge in [-0.25, -0.2) is 0 Å². The molecule has 2 saturated heterocycles. The van der Waals surface area contributed by atoms with Crippen molar-refractivity contribution in [3.8, 4) is 5.75 Å². The van der Waals surface area contributed by atoms with Gasteiger partial charge in [-0.3, -0.25) is 14.8 Å². The van der Waals surface area contributed by atoms with Crippen molar-refractivity contribution >= 4 is 5.96 Å².